The summed E-state index contributed by atoms with van der Waals surface area (Å²) in [5.74, 6) is 0. The fraction of sp³-hybridized carbons (Fsp3) is 0.818. The summed E-state index contributed by atoms with van der Waals surface area (Å²) < 4.78 is 0. The van der Waals surface area contributed by atoms with Crippen LogP contribution in [0.15, 0.2) is 12.2 Å². The topological polar surface area (TPSA) is 15.3 Å². The highest BCUT2D eigenvalue weighted by molar-refractivity contribution is 4.99. The minimum Gasteiger partial charge on any atom is -0.316 e. The van der Waals surface area contributed by atoms with E-state index in [1.807, 2.05) is 7.05 Å². The molecular formula is C11H24N2. The van der Waals surface area contributed by atoms with Gasteiger partial charge in [-0.3, -0.25) is 4.90 Å². The van der Waals surface area contributed by atoms with Crippen LogP contribution in [0.25, 0.3) is 0 Å². The van der Waals surface area contributed by atoms with Gasteiger partial charge in [-0.05, 0) is 39.4 Å². The summed E-state index contributed by atoms with van der Waals surface area (Å²) in [6.07, 6.45) is 1.21. The van der Waals surface area contributed by atoms with Crippen molar-refractivity contribution in [2.24, 2.45) is 0 Å². The first-order chi connectivity index (χ1) is 6.11. The second-order valence-corrected chi connectivity index (χ2v) is 3.84. The van der Waals surface area contributed by atoms with Gasteiger partial charge in [-0.25, -0.2) is 0 Å². The van der Waals surface area contributed by atoms with Crippen LogP contribution in [0.4, 0.5) is 0 Å². The Morgan fingerprint density at radius 2 is 2.08 bits per heavy atom. The second kappa shape index (κ2) is 7.10. The highest BCUT2D eigenvalue weighted by Crippen LogP contribution is 2.03. The summed E-state index contributed by atoms with van der Waals surface area (Å²) in [7, 11) is 1.96. The molecule has 0 aliphatic rings. The number of rotatable bonds is 7. The van der Waals surface area contributed by atoms with Crippen LogP contribution in [0.5, 0.6) is 0 Å². The Morgan fingerprint density at radius 3 is 2.46 bits per heavy atom. The second-order valence-electron chi connectivity index (χ2n) is 3.84. The van der Waals surface area contributed by atoms with E-state index in [1.54, 1.807) is 0 Å². The van der Waals surface area contributed by atoms with E-state index in [-0.39, 0.29) is 0 Å². The summed E-state index contributed by atoms with van der Waals surface area (Å²) in [4.78, 5) is 2.46. The lowest BCUT2D eigenvalue weighted by molar-refractivity contribution is 0.240. The van der Waals surface area contributed by atoms with E-state index in [4.69, 9.17) is 0 Å². The van der Waals surface area contributed by atoms with Crippen LogP contribution in [-0.4, -0.2) is 37.6 Å². The zero-order chi connectivity index (χ0) is 10.3. The Morgan fingerprint density at radius 1 is 1.46 bits per heavy atom. The van der Waals surface area contributed by atoms with Gasteiger partial charge in [0.25, 0.3) is 0 Å². The van der Waals surface area contributed by atoms with Gasteiger partial charge in [0.05, 0.1) is 0 Å². The van der Waals surface area contributed by atoms with Crippen LogP contribution in [0.1, 0.15) is 27.2 Å². The zero-order valence-corrected chi connectivity index (χ0v) is 9.56. The Kier molecular flexibility index (Phi) is 6.92. The van der Waals surface area contributed by atoms with Crippen molar-refractivity contribution in [3.05, 3.63) is 12.2 Å². The number of nitrogens with one attached hydrogen (secondary N) is 1. The Bertz CT molecular complexity index is 141. The minimum absolute atomic E-state index is 0.619. The van der Waals surface area contributed by atoms with E-state index < -0.39 is 0 Å². The van der Waals surface area contributed by atoms with E-state index in [2.05, 4.69) is 37.6 Å². The van der Waals surface area contributed by atoms with E-state index in [0.29, 0.717) is 6.04 Å². The van der Waals surface area contributed by atoms with Crippen LogP contribution in [0.3, 0.4) is 0 Å². The third-order valence-corrected chi connectivity index (χ3v) is 2.09. The SMILES string of the molecule is C=C(CNC)CN(CCC)C(C)C. The average Bonchev–Trinajstić information content (AvgIpc) is 2.04. The van der Waals surface area contributed by atoms with Gasteiger partial charge in [0.2, 0.25) is 0 Å². The average molecular weight is 184 g/mol. The molecule has 0 aliphatic heterocycles. The van der Waals surface area contributed by atoms with Crippen molar-refractivity contribution in [2.75, 3.05) is 26.7 Å². The molecule has 0 saturated carbocycles. The van der Waals surface area contributed by atoms with Crippen molar-refractivity contribution in [1.29, 1.82) is 0 Å². The number of likely N-dealkylation sites (N-methyl/N-ethyl adjacent to an activating group) is 1. The molecule has 78 valence electrons. The van der Waals surface area contributed by atoms with E-state index in [9.17, 15) is 0 Å². The third kappa shape index (κ3) is 5.83. The Balaban J connectivity index is 3.86. The molecule has 2 heteroatoms. The number of nitrogens with zero attached hydrogens (tertiary/aromatic N) is 1. The van der Waals surface area contributed by atoms with Crippen LogP contribution in [0, 0.1) is 0 Å². The quantitative estimate of drug-likeness (QED) is 0.608. The molecule has 0 aromatic rings. The van der Waals surface area contributed by atoms with Gasteiger partial charge < -0.3 is 5.32 Å². The molecule has 0 amide bonds. The predicted octanol–water partition coefficient (Wildman–Crippen LogP) is 1.88. The summed E-state index contributed by atoms with van der Waals surface area (Å²) in [6, 6.07) is 0.619. The van der Waals surface area contributed by atoms with Gasteiger partial charge in [-0.1, -0.05) is 13.5 Å². The maximum Gasteiger partial charge on any atom is 0.0205 e. The standard InChI is InChI=1S/C11H24N2/c1-6-7-13(10(2)3)9-11(4)8-12-5/h10,12H,4,6-9H2,1-3,5H3. The molecule has 0 aliphatic carbocycles. The molecule has 0 saturated heterocycles. The monoisotopic (exact) mass is 184 g/mol. The van der Waals surface area contributed by atoms with E-state index >= 15 is 0 Å². The highest BCUT2D eigenvalue weighted by Gasteiger charge is 2.08. The van der Waals surface area contributed by atoms with Crippen molar-refractivity contribution in [3.63, 3.8) is 0 Å². The van der Waals surface area contributed by atoms with Crippen LogP contribution >= 0.6 is 0 Å². The fourth-order valence-corrected chi connectivity index (χ4v) is 1.40. The van der Waals surface area contributed by atoms with Crippen LogP contribution in [0.2, 0.25) is 0 Å². The highest BCUT2D eigenvalue weighted by atomic mass is 15.1. The smallest absolute Gasteiger partial charge is 0.0205 e. The van der Waals surface area contributed by atoms with Crippen molar-refractivity contribution in [2.45, 2.75) is 33.2 Å². The Labute approximate surface area is 83.0 Å². The molecule has 1 N–H and O–H groups in total. The molecule has 0 rings (SSSR count). The lowest BCUT2D eigenvalue weighted by Crippen LogP contribution is -2.34. The maximum atomic E-state index is 4.04. The van der Waals surface area contributed by atoms with Gasteiger partial charge in [0, 0.05) is 19.1 Å². The van der Waals surface area contributed by atoms with Crippen molar-refractivity contribution >= 4 is 0 Å². The number of hydrogen-bond donors (Lipinski definition) is 1. The molecule has 0 atom stereocenters. The summed E-state index contributed by atoms with van der Waals surface area (Å²) >= 11 is 0. The van der Waals surface area contributed by atoms with Gasteiger partial charge in [0.15, 0.2) is 0 Å². The normalized spacial score (nSPS) is 11.2. The molecule has 0 fully saturated rings. The molecule has 13 heavy (non-hydrogen) atoms. The molecular weight excluding hydrogens is 160 g/mol. The molecule has 0 radical (unpaired) electrons. The van der Waals surface area contributed by atoms with Gasteiger partial charge in [-0.2, -0.15) is 0 Å². The molecule has 0 unspecified atom stereocenters. The van der Waals surface area contributed by atoms with E-state index in [1.165, 1.54) is 18.5 Å². The van der Waals surface area contributed by atoms with Gasteiger partial charge in [-0.15, -0.1) is 0 Å². The minimum atomic E-state index is 0.619. The summed E-state index contributed by atoms with van der Waals surface area (Å²) in [5, 5.41) is 3.13. The number of hydrogen-bond acceptors (Lipinski definition) is 2. The van der Waals surface area contributed by atoms with Gasteiger partial charge in [0.1, 0.15) is 0 Å². The van der Waals surface area contributed by atoms with Crippen molar-refractivity contribution in [1.82, 2.24) is 10.2 Å². The molecule has 0 bridgehead atoms. The largest absolute Gasteiger partial charge is 0.316 e. The molecule has 0 aromatic heterocycles. The third-order valence-electron chi connectivity index (χ3n) is 2.09. The lowest BCUT2D eigenvalue weighted by Gasteiger charge is -2.26. The Hall–Kier alpha value is -0.340. The van der Waals surface area contributed by atoms with Crippen molar-refractivity contribution in [3.8, 4) is 0 Å². The molecule has 0 heterocycles. The molecule has 2 nitrogen and oxygen atoms in total. The maximum absolute atomic E-state index is 4.04. The van der Waals surface area contributed by atoms with Crippen LogP contribution in [-0.2, 0) is 0 Å². The fourth-order valence-electron chi connectivity index (χ4n) is 1.40. The zero-order valence-electron chi connectivity index (χ0n) is 9.56. The molecule has 0 spiro atoms. The lowest BCUT2D eigenvalue weighted by atomic mass is 10.2. The first kappa shape index (κ1) is 12.7. The van der Waals surface area contributed by atoms with Crippen molar-refractivity contribution < 1.29 is 0 Å². The predicted molar refractivity (Wildman–Crippen MR) is 60.1 cm³/mol. The molecule has 0 aromatic carbocycles. The summed E-state index contributed by atoms with van der Waals surface area (Å²) in [5.41, 5.74) is 1.27. The van der Waals surface area contributed by atoms with E-state index in [0.717, 1.165) is 13.1 Å². The first-order valence-electron chi connectivity index (χ1n) is 5.17. The van der Waals surface area contributed by atoms with Gasteiger partial charge >= 0.3 is 0 Å². The van der Waals surface area contributed by atoms with Crippen LogP contribution < -0.4 is 5.32 Å². The first-order valence-corrected chi connectivity index (χ1v) is 5.17. The summed E-state index contributed by atoms with van der Waals surface area (Å²) in [6.45, 7) is 13.9.